The number of pyridine rings is 2. The maximum absolute atomic E-state index is 13.3. The molecule has 1 fully saturated rings. The Kier molecular flexibility index (Phi) is 6.92. The predicted octanol–water partition coefficient (Wildman–Crippen LogP) is 5.74. The summed E-state index contributed by atoms with van der Waals surface area (Å²) >= 11 is 0. The highest BCUT2D eigenvalue weighted by Gasteiger charge is 2.44. The van der Waals surface area contributed by atoms with Gasteiger partial charge in [0.25, 0.3) is 10.1 Å². The predicted molar refractivity (Wildman–Crippen MR) is 165 cm³/mol. The molecule has 3 heterocycles. The van der Waals surface area contributed by atoms with Crippen LogP contribution in [0.15, 0.2) is 107 Å². The lowest BCUT2D eigenvalue weighted by molar-refractivity contribution is 0.483. The molecule has 7 rings (SSSR count). The molecular weight excluding hydrogens is 562 g/mol. The van der Waals surface area contributed by atoms with E-state index in [1.54, 1.807) is 40.7 Å². The number of nitriles is 1. The monoisotopic (exact) mass is 589 g/mol. The van der Waals surface area contributed by atoms with Crippen molar-refractivity contribution >= 4 is 32.1 Å². The van der Waals surface area contributed by atoms with Gasteiger partial charge in [0, 0.05) is 30.4 Å². The Balaban J connectivity index is 0.000000254. The number of aryl methyl sites for hydroxylation is 2. The molecule has 1 saturated carbocycles. The molecule has 43 heavy (non-hydrogen) atoms. The smallest absolute Gasteiger partial charge is 0.293 e. The van der Waals surface area contributed by atoms with Crippen LogP contribution in [0, 0.1) is 18.3 Å². The molecule has 0 aliphatic heterocycles. The number of rotatable bonds is 4. The van der Waals surface area contributed by atoms with Crippen LogP contribution in [0.5, 0.6) is 0 Å². The highest BCUT2D eigenvalue weighted by atomic mass is 32.2. The highest BCUT2D eigenvalue weighted by molar-refractivity contribution is 7.85. The number of hydrogen-bond donors (Lipinski definition) is 1. The zero-order chi connectivity index (χ0) is 30.4. The molecule has 0 bridgehead atoms. The van der Waals surface area contributed by atoms with Crippen molar-refractivity contribution in [2.24, 2.45) is 7.05 Å². The van der Waals surface area contributed by atoms with Gasteiger partial charge in [-0.2, -0.15) is 13.7 Å². The third-order valence-corrected chi connectivity index (χ3v) is 8.71. The number of benzene rings is 3. The molecular formula is C33H27N5O4S. The van der Waals surface area contributed by atoms with Crippen LogP contribution >= 0.6 is 0 Å². The number of hydrogen-bond acceptors (Lipinski definition) is 6. The third-order valence-electron chi connectivity index (χ3n) is 7.84. The molecule has 0 atom stereocenters. The first-order chi connectivity index (χ1) is 20.6. The molecule has 1 N–H and O–H groups in total. The normalized spacial score (nSPS) is 13.7. The lowest BCUT2D eigenvalue weighted by atomic mass is 9.97. The summed E-state index contributed by atoms with van der Waals surface area (Å²) in [5, 5.41) is 10.4. The summed E-state index contributed by atoms with van der Waals surface area (Å²) in [5.41, 5.74) is 6.70. The SMILES string of the molecule is Cc1ccc(S(=O)(=O)O)cc1.Cn1c(=O)n(-c2ccc(C3(C#N)CC3)cc2)c2c3cc(-c4cccnc4)ccc3ncc21. The first-order valence-corrected chi connectivity index (χ1v) is 15.0. The van der Waals surface area contributed by atoms with E-state index in [-0.39, 0.29) is 16.0 Å². The molecule has 6 aromatic rings. The Hall–Kier alpha value is -5.11. The Labute approximate surface area is 248 Å². The van der Waals surface area contributed by atoms with Crippen molar-refractivity contribution in [2.75, 3.05) is 0 Å². The van der Waals surface area contributed by atoms with Gasteiger partial charge < -0.3 is 0 Å². The lowest BCUT2D eigenvalue weighted by Gasteiger charge is -2.10. The van der Waals surface area contributed by atoms with Gasteiger partial charge in [-0.3, -0.25) is 23.7 Å². The van der Waals surface area contributed by atoms with Crippen LogP contribution in [0.4, 0.5) is 0 Å². The molecule has 0 spiro atoms. The summed E-state index contributed by atoms with van der Waals surface area (Å²) in [6.07, 6.45) is 7.12. The van der Waals surface area contributed by atoms with Crippen molar-refractivity contribution in [2.45, 2.75) is 30.1 Å². The van der Waals surface area contributed by atoms with Crippen LogP contribution < -0.4 is 5.69 Å². The van der Waals surface area contributed by atoms with Crippen LogP contribution in [0.2, 0.25) is 0 Å². The molecule has 1 aliphatic carbocycles. The van der Waals surface area contributed by atoms with E-state index in [1.165, 1.54) is 12.1 Å². The minimum Gasteiger partial charge on any atom is -0.293 e. The number of aromatic nitrogens is 4. The van der Waals surface area contributed by atoms with Gasteiger partial charge in [-0.15, -0.1) is 0 Å². The molecule has 0 radical (unpaired) electrons. The van der Waals surface area contributed by atoms with Crippen LogP contribution in [0.1, 0.15) is 24.0 Å². The van der Waals surface area contributed by atoms with E-state index in [2.05, 4.69) is 22.1 Å². The average molecular weight is 590 g/mol. The van der Waals surface area contributed by atoms with Gasteiger partial charge in [-0.25, -0.2) is 4.79 Å². The fourth-order valence-electron chi connectivity index (χ4n) is 5.18. The first-order valence-electron chi connectivity index (χ1n) is 13.6. The second-order valence-corrected chi connectivity index (χ2v) is 12.1. The van der Waals surface area contributed by atoms with E-state index in [1.807, 2.05) is 61.7 Å². The third kappa shape index (κ3) is 5.20. The standard InChI is InChI=1S/C26H19N5O.C7H8O3S/c1-30-23-15-29-22-9-4-17(18-3-2-12-28-14-18)13-21(22)24(23)31(25(30)32)20-7-5-19(6-8-20)26(16-27)10-11-26;1-6-2-4-7(5-3-6)11(8,9)10/h2-9,12-15H,10-11H2,1H3;2-5H,1H3,(H,8,9,10). The zero-order valence-corrected chi connectivity index (χ0v) is 24.3. The molecule has 9 nitrogen and oxygen atoms in total. The Bertz CT molecular complexity index is 2190. The molecule has 10 heteroatoms. The average Bonchev–Trinajstić information content (AvgIpc) is 3.78. The van der Waals surface area contributed by atoms with Crippen LogP contribution in [0.25, 0.3) is 38.8 Å². The van der Waals surface area contributed by atoms with Crippen molar-refractivity contribution in [1.29, 1.82) is 5.26 Å². The highest BCUT2D eigenvalue weighted by Crippen LogP contribution is 2.47. The Morgan fingerprint density at radius 2 is 1.67 bits per heavy atom. The summed E-state index contributed by atoms with van der Waals surface area (Å²) in [5.74, 6) is 0. The van der Waals surface area contributed by atoms with Crippen molar-refractivity contribution in [3.8, 4) is 22.9 Å². The molecule has 214 valence electrons. The summed E-state index contributed by atoms with van der Waals surface area (Å²) in [6, 6.07) is 26.2. The van der Waals surface area contributed by atoms with E-state index in [9.17, 15) is 18.5 Å². The van der Waals surface area contributed by atoms with Gasteiger partial charge in [0.1, 0.15) is 0 Å². The molecule has 1 aliphatic rings. The second kappa shape index (κ2) is 10.6. The molecule has 0 unspecified atom stereocenters. The maximum atomic E-state index is 13.3. The van der Waals surface area contributed by atoms with E-state index in [0.29, 0.717) is 0 Å². The Morgan fingerprint density at radius 3 is 2.28 bits per heavy atom. The van der Waals surface area contributed by atoms with Crippen molar-refractivity contribution in [1.82, 2.24) is 19.1 Å². The number of imidazole rings is 1. The van der Waals surface area contributed by atoms with Gasteiger partial charge in [0.05, 0.1) is 44.8 Å². The zero-order valence-electron chi connectivity index (χ0n) is 23.5. The topological polar surface area (TPSA) is 131 Å². The minimum absolute atomic E-state index is 0.0666. The van der Waals surface area contributed by atoms with Crippen LogP contribution in [-0.2, 0) is 22.6 Å². The quantitative estimate of drug-likeness (QED) is 0.260. The van der Waals surface area contributed by atoms with E-state index in [4.69, 9.17) is 4.55 Å². The van der Waals surface area contributed by atoms with Gasteiger partial charge in [0.2, 0.25) is 0 Å². The fourth-order valence-corrected chi connectivity index (χ4v) is 5.66. The first kappa shape index (κ1) is 28.0. The summed E-state index contributed by atoms with van der Waals surface area (Å²) in [7, 11) is -2.25. The minimum atomic E-state index is -4.02. The van der Waals surface area contributed by atoms with E-state index < -0.39 is 10.1 Å². The second-order valence-electron chi connectivity index (χ2n) is 10.7. The molecule has 3 aromatic heterocycles. The van der Waals surface area contributed by atoms with Crippen molar-refractivity contribution in [3.63, 3.8) is 0 Å². The maximum Gasteiger partial charge on any atom is 0.333 e. The van der Waals surface area contributed by atoms with Gasteiger partial charge >= 0.3 is 5.69 Å². The van der Waals surface area contributed by atoms with Crippen molar-refractivity contribution < 1.29 is 13.0 Å². The van der Waals surface area contributed by atoms with Gasteiger partial charge in [-0.1, -0.05) is 42.0 Å². The molecule has 0 amide bonds. The van der Waals surface area contributed by atoms with E-state index in [0.717, 1.165) is 62.7 Å². The summed E-state index contributed by atoms with van der Waals surface area (Å²) < 4.78 is 32.9. The van der Waals surface area contributed by atoms with Crippen molar-refractivity contribution in [3.05, 3.63) is 119 Å². The summed E-state index contributed by atoms with van der Waals surface area (Å²) in [6.45, 7) is 1.84. The number of nitrogens with zero attached hydrogens (tertiary/aromatic N) is 5. The summed E-state index contributed by atoms with van der Waals surface area (Å²) in [4.78, 5) is 22.0. The van der Waals surface area contributed by atoms with Crippen LogP contribution in [-0.4, -0.2) is 32.1 Å². The molecule has 0 saturated heterocycles. The Morgan fingerprint density at radius 1 is 0.953 bits per heavy atom. The molecule has 3 aromatic carbocycles. The largest absolute Gasteiger partial charge is 0.333 e. The van der Waals surface area contributed by atoms with E-state index >= 15 is 0 Å². The van der Waals surface area contributed by atoms with Crippen LogP contribution in [0.3, 0.4) is 0 Å². The number of fused-ring (bicyclic) bond motifs is 3. The lowest BCUT2D eigenvalue weighted by Crippen LogP contribution is -2.21. The van der Waals surface area contributed by atoms with Gasteiger partial charge in [0.15, 0.2) is 0 Å². The van der Waals surface area contributed by atoms with Gasteiger partial charge in [-0.05, 0) is 73.4 Å². The fraction of sp³-hybridized carbons (Fsp3) is 0.152.